The zero-order valence-corrected chi connectivity index (χ0v) is 28.1. The predicted molar refractivity (Wildman–Crippen MR) is 201 cm³/mol. The first kappa shape index (κ1) is 26.8. The van der Waals surface area contributed by atoms with E-state index in [2.05, 4.69) is 103 Å². The van der Waals surface area contributed by atoms with Crippen LogP contribution in [0.1, 0.15) is 64.3 Å². The Hall–Kier alpha value is -4.28. The maximum Gasteiger partial charge on any atom is 0.254 e. The highest BCUT2D eigenvalue weighted by Crippen LogP contribution is 2.51. The number of benzene rings is 5. The van der Waals surface area contributed by atoms with Crippen molar-refractivity contribution in [1.82, 2.24) is 0 Å². The first-order valence-electron chi connectivity index (χ1n) is 17.8. The number of fused-ring (bicyclic) bond motifs is 10. The van der Waals surface area contributed by atoms with Crippen LogP contribution >= 0.6 is 11.3 Å². The molecule has 2 nitrogen and oxygen atoms in total. The van der Waals surface area contributed by atoms with Gasteiger partial charge in [-0.05, 0) is 155 Å². The molecule has 1 aromatic heterocycles. The Bertz CT molecular complexity index is 2350. The monoisotopic (exact) mass is 624 g/mol. The van der Waals surface area contributed by atoms with E-state index >= 15 is 0 Å². The van der Waals surface area contributed by atoms with Crippen LogP contribution < -0.4 is 26.2 Å². The normalized spacial score (nSPS) is 15.9. The van der Waals surface area contributed by atoms with Crippen molar-refractivity contribution < 1.29 is 0 Å². The lowest BCUT2D eigenvalue weighted by Crippen LogP contribution is -2.61. The first-order chi connectivity index (χ1) is 23.2. The smallest absolute Gasteiger partial charge is 0.254 e. The lowest BCUT2D eigenvalue weighted by atomic mass is 9.33. The molecule has 228 valence electrons. The minimum Gasteiger partial charge on any atom is -0.311 e. The molecular weight excluding hydrogens is 587 g/mol. The van der Waals surface area contributed by atoms with Crippen molar-refractivity contribution in [3.05, 3.63) is 123 Å². The van der Waals surface area contributed by atoms with Crippen LogP contribution in [0.4, 0.5) is 33.4 Å². The molecule has 47 heavy (non-hydrogen) atoms. The molecule has 0 fully saturated rings. The molecule has 6 aromatic rings. The van der Waals surface area contributed by atoms with Crippen LogP contribution in [0.5, 0.6) is 0 Å². The molecule has 3 aliphatic carbocycles. The van der Waals surface area contributed by atoms with E-state index < -0.39 is 0 Å². The van der Waals surface area contributed by atoms with E-state index in [0.29, 0.717) is 0 Å². The van der Waals surface area contributed by atoms with Gasteiger partial charge in [-0.15, -0.1) is 11.3 Å². The molecule has 3 heterocycles. The van der Waals surface area contributed by atoms with Gasteiger partial charge in [-0.2, -0.15) is 0 Å². The average Bonchev–Trinajstić information content (AvgIpc) is 3.41. The zero-order chi connectivity index (χ0) is 31.0. The van der Waals surface area contributed by atoms with Crippen LogP contribution in [-0.4, -0.2) is 6.71 Å². The van der Waals surface area contributed by atoms with Gasteiger partial charge in [0.05, 0.1) is 5.00 Å². The summed E-state index contributed by atoms with van der Waals surface area (Å²) in [6.07, 6.45) is 10.7. The SMILES string of the molecule is CCCCc1cccc2c3c(sc12)N(c1ccc2c(c1)CC2)c1cc(C)cc2c1B3c1ccc3c(c1N2c1cccc2c1CC2)CC3. The molecule has 2 aliphatic heterocycles. The van der Waals surface area contributed by atoms with Gasteiger partial charge in [0.2, 0.25) is 0 Å². The Kier molecular flexibility index (Phi) is 5.49. The molecule has 0 atom stereocenters. The summed E-state index contributed by atoms with van der Waals surface area (Å²) >= 11 is 2.05. The van der Waals surface area contributed by atoms with Crippen molar-refractivity contribution in [2.75, 3.05) is 9.80 Å². The number of anilines is 6. The van der Waals surface area contributed by atoms with Crippen molar-refractivity contribution in [3.63, 3.8) is 0 Å². The summed E-state index contributed by atoms with van der Waals surface area (Å²) in [7, 11) is 0. The largest absolute Gasteiger partial charge is 0.311 e. The van der Waals surface area contributed by atoms with Gasteiger partial charge < -0.3 is 9.80 Å². The fourth-order valence-corrected chi connectivity index (χ4v) is 10.8. The number of thiophene rings is 1. The Balaban J connectivity index is 1.26. The van der Waals surface area contributed by atoms with Crippen molar-refractivity contribution in [1.29, 1.82) is 0 Å². The number of aryl methyl sites for hydroxylation is 6. The number of unbranched alkanes of at least 4 members (excludes halogenated alkanes) is 1. The van der Waals surface area contributed by atoms with E-state index in [-0.39, 0.29) is 6.71 Å². The van der Waals surface area contributed by atoms with Crippen molar-refractivity contribution in [2.24, 2.45) is 0 Å². The summed E-state index contributed by atoms with van der Waals surface area (Å²) in [6, 6.07) is 31.5. The second-order valence-corrected chi connectivity index (χ2v) is 15.5. The third-order valence-electron chi connectivity index (χ3n) is 12.0. The van der Waals surface area contributed by atoms with Crippen LogP contribution in [0.2, 0.25) is 0 Å². The minimum atomic E-state index is 0.209. The van der Waals surface area contributed by atoms with Gasteiger partial charge in [0.25, 0.3) is 6.71 Å². The predicted octanol–water partition coefficient (Wildman–Crippen LogP) is 8.93. The summed E-state index contributed by atoms with van der Waals surface area (Å²) in [5, 5.41) is 2.88. The number of rotatable bonds is 5. The molecular formula is C43H37BN2S. The summed E-state index contributed by atoms with van der Waals surface area (Å²) in [6.45, 7) is 4.83. The fourth-order valence-electron chi connectivity index (χ4n) is 9.36. The molecule has 0 unspecified atom stereocenters. The molecule has 0 bridgehead atoms. The Morgan fingerprint density at radius 1 is 0.681 bits per heavy atom. The summed E-state index contributed by atoms with van der Waals surface area (Å²) < 4.78 is 1.49. The lowest BCUT2D eigenvalue weighted by molar-refractivity contribution is 0.799. The van der Waals surface area contributed by atoms with Crippen LogP contribution in [0.25, 0.3) is 10.1 Å². The zero-order valence-electron chi connectivity index (χ0n) is 27.2. The molecule has 0 saturated heterocycles. The second-order valence-electron chi connectivity index (χ2n) is 14.5. The first-order valence-corrected chi connectivity index (χ1v) is 18.7. The molecule has 11 rings (SSSR count). The van der Waals surface area contributed by atoms with E-state index in [1.165, 1.54) is 145 Å². The van der Waals surface area contributed by atoms with Crippen molar-refractivity contribution in [2.45, 2.75) is 71.6 Å². The highest BCUT2D eigenvalue weighted by Gasteiger charge is 2.47. The van der Waals surface area contributed by atoms with E-state index in [1.807, 2.05) is 11.3 Å². The third kappa shape index (κ3) is 3.52. The van der Waals surface area contributed by atoms with E-state index in [1.54, 1.807) is 11.1 Å². The van der Waals surface area contributed by atoms with E-state index in [0.717, 1.165) is 6.42 Å². The molecule has 0 N–H and O–H groups in total. The summed E-state index contributed by atoms with van der Waals surface area (Å²) in [4.78, 5) is 5.38. The highest BCUT2D eigenvalue weighted by molar-refractivity contribution is 7.27. The highest BCUT2D eigenvalue weighted by atomic mass is 32.1. The van der Waals surface area contributed by atoms with Gasteiger partial charge in [0.1, 0.15) is 0 Å². The van der Waals surface area contributed by atoms with Gasteiger partial charge in [0, 0.05) is 33.1 Å². The molecule has 5 aliphatic rings. The van der Waals surface area contributed by atoms with Crippen LogP contribution in [0.3, 0.4) is 0 Å². The van der Waals surface area contributed by atoms with Gasteiger partial charge in [-0.3, -0.25) is 0 Å². The molecule has 0 amide bonds. The molecule has 0 spiro atoms. The maximum absolute atomic E-state index is 2.72. The molecule has 4 heteroatoms. The second kappa shape index (κ2) is 9.64. The number of hydrogen-bond acceptors (Lipinski definition) is 3. The molecule has 0 radical (unpaired) electrons. The number of nitrogens with zero attached hydrogens (tertiary/aromatic N) is 2. The number of hydrogen-bond donors (Lipinski definition) is 0. The van der Waals surface area contributed by atoms with Gasteiger partial charge >= 0.3 is 0 Å². The Morgan fingerprint density at radius 3 is 2.21 bits per heavy atom. The van der Waals surface area contributed by atoms with Crippen molar-refractivity contribution >= 4 is 78.0 Å². The maximum atomic E-state index is 2.72. The minimum absolute atomic E-state index is 0.209. The average molecular weight is 625 g/mol. The van der Waals surface area contributed by atoms with E-state index in [4.69, 9.17) is 0 Å². The Labute approximate surface area is 281 Å². The third-order valence-corrected chi connectivity index (χ3v) is 13.3. The van der Waals surface area contributed by atoms with E-state index in [9.17, 15) is 0 Å². The van der Waals surface area contributed by atoms with Gasteiger partial charge in [-0.25, -0.2) is 0 Å². The molecule has 0 saturated carbocycles. The standard InChI is InChI=1S/C43H37BN2S/c1-3-4-7-29-9-5-10-34-39-43(47-42(29)34)45(31-18-14-26-12-13-30(26)24-31)37-22-25(2)23-38-40(37)44(39)35-21-17-28-16-20-33(28)41(35)46(38)36-11-6-8-27-15-19-32(27)36/h5-6,8-11,14,17-18,21-24H,3-4,7,12-13,15-16,19-20H2,1-2H3. The summed E-state index contributed by atoms with van der Waals surface area (Å²) in [5.41, 5.74) is 23.5. The van der Waals surface area contributed by atoms with Crippen LogP contribution in [0, 0.1) is 6.92 Å². The Morgan fingerprint density at radius 2 is 1.45 bits per heavy atom. The molecule has 5 aromatic carbocycles. The quantitative estimate of drug-likeness (QED) is 0.177. The van der Waals surface area contributed by atoms with Crippen molar-refractivity contribution in [3.8, 4) is 0 Å². The lowest BCUT2D eigenvalue weighted by Gasteiger charge is -2.46. The van der Waals surface area contributed by atoms with Gasteiger partial charge in [-0.1, -0.05) is 61.9 Å². The topological polar surface area (TPSA) is 6.48 Å². The fraction of sp³-hybridized carbons (Fsp3) is 0.256. The summed E-state index contributed by atoms with van der Waals surface area (Å²) in [5.74, 6) is 0. The van der Waals surface area contributed by atoms with Crippen LogP contribution in [0.15, 0.2) is 78.9 Å². The van der Waals surface area contributed by atoms with Crippen LogP contribution in [-0.2, 0) is 44.9 Å². The van der Waals surface area contributed by atoms with Gasteiger partial charge in [0.15, 0.2) is 0 Å².